The van der Waals surface area contributed by atoms with E-state index in [1.54, 1.807) is 0 Å². The number of nitrogens with zero attached hydrogens (tertiary/aromatic N) is 1. The van der Waals surface area contributed by atoms with Crippen molar-refractivity contribution in [2.75, 3.05) is 19.6 Å². The average Bonchev–Trinajstić information content (AvgIpc) is 2.38. The molecular formula is C17H34N2. The summed E-state index contributed by atoms with van der Waals surface area (Å²) in [6.07, 6.45) is 12.7. The van der Waals surface area contributed by atoms with Crippen LogP contribution in [0, 0.1) is 5.92 Å². The quantitative estimate of drug-likeness (QED) is 0.832. The van der Waals surface area contributed by atoms with Crippen molar-refractivity contribution in [3.63, 3.8) is 0 Å². The summed E-state index contributed by atoms with van der Waals surface area (Å²) in [5, 5.41) is 3.86. The van der Waals surface area contributed by atoms with Crippen molar-refractivity contribution in [2.45, 2.75) is 83.7 Å². The number of piperidine rings is 1. The standard InChI is InChI=1S/C17H34N2/c1-3-12-18-16-10-6-4-5-7-11-17(16)19-13-8-9-15(2)14-19/h15-18H,3-14H2,1-2H3. The molecule has 2 heteroatoms. The number of hydrogen-bond acceptors (Lipinski definition) is 2. The molecule has 112 valence electrons. The van der Waals surface area contributed by atoms with E-state index < -0.39 is 0 Å². The third-order valence-electron chi connectivity index (χ3n) is 5.04. The van der Waals surface area contributed by atoms with Crippen molar-refractivity contribution in [3.05, 3.63) is 0 Å². The van der Waals surface area contributed by atoms with Crippen LogP contribution >= 0.6 is 0 Å². The van der Waals surface area contributed by atoms with Gasteiger partial charge < -0.3 is 5.32 Å². The van der Waals surface area contributed by atoms with Crippen LogP contribution in [0.4, 0.5) is 0 Å². The summed E-state index contributed by atoms with van der Waals surface area (Å²) in [5.74, 6) is 0.908. The molecule has 0 aromatic rings. The first-order valence-electron chi connectivity index (χ1n) is 8.78. The van der Waals surface area contributed by atoms with Crippen molar-refractivity contribution in [2.24, 2.45) is 5.92 Å². The van der Waals surface area contributed by atoms with Crippen LogP contribution in [0.5, 0.6) is 0 Å². The van der Waals surface area contributed by atoms with Gasteiger partial charge in [-0.15, -0.1) is 0 Å². The largest absolute Gasteiger partial charge is 0.312 e. The van der Waals surface area contributed by atoms with E-state index in [2.05, 4.69) is 24.1 Å². The lowest BCUT2D eigenvalue weighted by atomic mass is 9.88. The van der Waals surface area contributed by atoms with E-state index in [1.807, 2.05) is 0 Å². The molecule has 0 spiro atoms. The molecule has 2 aliphatic rings. The summed E-state index contributed by atoms with van der Waals surface area (Å²) < 4.78 is 0. The summed E-state index contributed by atoms with van der Waals surface area (Å²) in [4.78, 5) is 2.83. The zero-order valence-corrected chi connectivity index (χ0v) is 13.2. The fourth-order valence-corrected chi connectivity index (χ4v) is 4.00. The highest BCUT2D eigenvalue weighted by Gasteiger charge is 2.30. The van der Waals surface area contributed by atoms with Gasteiger partial charge in [0, 0.05) is 18.6 Å². The van der Waals surface area contributed by atoms with Crippen molar-refractivity contribution in [3.8, 4) is 0 Å². The van der Waals surface area contributed by atoms with Crippen molar-refractivity contribution >= 4 is 0 Å². The Balaban J connectivity index is 1.96. The highest BCUT2D eigenvalue weighted by Crippen LogP contribution is 2.26. The van der Waals surface area contributed by atoms with Crippen LogP contribution in [-0.4, -0.2) is 36.6 Å². The molecule has 2 nitrogen and oxygen atoms in total. The number of likely N-dealkylation sites (tertiary alicyclic amines) is 1. The third-order valence-corrected chi connectivity index (χ3v) is 5.04. The Kier molecular flexibility index (Phi) is 6.66. The maximum atomic E-state index is 3.86. The summed E-state index contributed by atoms with van der Waals surface area (Å²) in [6, 6.07) is 1.57. The van der Waals surface area contributed by atoms with Crippen LogP contribution in [0.1, 0.15) is 71.6 Å². The second-order valence-electron chi connectivity index (χ2n) is 6.86. The molecule has 1 N–H and O–H groups in total. The minimum absolute atomic E-state index is 0.755. The van der Waals surface area contributed by atoms with E-state index in [-0.39, 0.29) is 0 Å². The summed E-state index contributed by atoms with van der Waals surface area (Å²) in [7, 11) is 0. The Hall–Kier alpha value is -0.0800. The first-order chi connectivity index (χ1) is 9.31. The lowest BCUT2D eigenvalue weighted by Gasteiger charge is -2.42. The molecule has 1 saturated carbocycles. The SMILES string of the molecule is CCCNC1CCCCCCC1N1CCCC(C)C1. The van der Waals surface area contributed by atoms with E-state index >= 15 is 0 Å². The molecule has 0 bridgehead atoms. The van der Waals surface area contributed by atoms with Gasteiger partial charge in [-0.3, -0.25) is 4.90 Å². The lowest BCUT2D eigenvalue weighted by molar-refractivity contribution is 0.0884. The minimum Gasteiger partial charge on any atom is -0.312 e. The van der Waals surface area contributed by atoms with Crippen molar-refractivity contribution in [1.82, 2.24) is 10.2 Å². The highest BCUT2D eigenvalue weighted by atomic mass is 15.2. The second-order valence-corrected chi connectivity index (χ2v) is 6.86. The molecule has 3 atom stereocenters. The predicted octanol–water partition coefficient (Wildman–Crippen LogP) is 3.81. The molecular weight excluding hydrogens is 232 g/mol. The smallest absolute Gasteiger partial charge is 0.0249 e. The zero-order chi connectivity index (χ0) is 13.5. The molecule has 2 rings (SSSR count). The molecule has 0 aromatic heterocycles. The summed E-state index contributed by atoms with van der Waals surface area (Å²) in [5.41, 5.74) is 0. The Labute approximate surface area is 120 Å². The molecule has 1 aliphatic carbocycles. The maximum Gasteiger partial charge on any atom is 0.0249 e. The van der Waals surface area contributed by atoms with E-state index in [9.17, 15) is 0 Å². The van der Waals surface area contributed by atoms with Crippen LogP contribution in [0.15, 0.2) is 0 Å². The molecule has 0 radical (unpaired) electrons. The Morgan fingerprint density at radius 2 is 1.79 bits per heavy atom. The Morgan fingerprint density at radius 1 is 1.00 bits per heavy atom. The van der Waals surface area contributed by atoms with E-state index in [0.717, 1.165) is 18.0 Å². The topological polar surface area (TPSA) is 15.3 Å². The normalized spacial score (nSPS) is 34.7. The van der Waals surface area contributed by atoms with E-state index in [0.29, 0.717) is 0 Å². The second kappa shape index (κ2) is 8.26. The van der Waals surface area contributed by atoms with Crippen molar-refractivity contribution in [1.29, 1.82) is 0 Å². The fourth-order valence-electron chi connectivity index (χ4n) is 4.00. The minimum atomic E-state index is 0.755. The van der Waals surface area contributed by atoms with Gasteiger partial charge in [-0.1, -0.05) is 39.5 Å². The van der Waals surface area contributed by atoms with Crippen LogP contribution in [0.3, 0.4) is 0 Å². The van der Waals surface area contributed by atoms with Gasteiger partial charge in [0.2, 0.25) is 0 Å². The molecule has 2 fully saturated rings. The first kappa shape index (κ1) is 15.3. The van der Waals surface area contributed by atoms with Crippen LogP contribution in [0.2, 0.25) is 0 Å². The Morgan fingerprint density at radius 3 is 2.53 bits per heavy atom. The molecule has 1 saturated heterocycles. The third kappa shape index (κ3) is 4.75. The fraction of sp³-hybridized carbons (Fsp3) is 1.00. The molecule has 0 aromatic carbocycles. The van der Waals surface area contributed by atoms with Crippen LogP contribution in [-0.2, 0) is 0 Å². The van der Waals surface area contributed by atoms with Gasteiger partial charge in [0.25, 0.3) is 0 Å². The van der Waals surface area contributed by atoms with Gasteiger partial charge in [0.15, 0.2) is 0 Å². The van der Waals surface area contributed by atoms with Gasteiger partial charge in [-0.25, -0.2) is 0 Å². The number of rotatable bonds is 4. The predicted molar refractivity (Wildman–Crippen MR) is 83.5 cm³/mol. The maximum absolute atomic E-state index is 3.86. The monoisotopic (exact) mass is 266 g/mol. The molecule has 19 heavy (non-hydrogen) atoms. The van der Waals surface area contributed by atoms with E-state index in [4.69, 9.17) is 0 Å². The average molecular weight is 266 g/mol. The number of nitrogens with one attached hydrogen (secondary N) is 1. The van der Waals surface area contributed by atoms with Crippen molar-refractivity contribution < 1.29 is 0 Å². The van der Waals surface area contributed by atoms with Gasteiger partial charge in [0.05, 0.1) is 0 Å². The van der Waals surface area contributed by atoms with Gasteiger partial charge >= 0.3 is 0 Å². The van der Waals surface area contributed by atoms with Gasteiger partial charge in [-0.2, -0.15) is 0 Å². The molecule has 3 unspecified atom stereocenters. The number of hydrogen-bond donors (Lipinski definition) is 1. The van der Waals surface area contributed by atoms with E-state index in [1.165, 1.54) is 77.4 Å². The summed E-state index contributed by atoms with van der Waals surface area (Å²) in [6.45, 7) is 8.61. The molecule has 1 aliphatic heterocycles. The van der Waals surface area contributed by atoms with Crippen LogP contribution in [0.25, 0.3) is 0 Å². The lowest BCUT2D eigenvalue weighted by Crippen LogP contribution is -2.53. The van der Waals surface area contributed by atoms with Gasteiger partial charge in [0.1, 0.15) is 0 Å². The zero-order valence-electron chi connectivity index (χ0n) is 13.2. The first-order valence-corrected chi connectivity index (χ1v) is 8.78. The van der Waals surface area contributed by atoms with Gasteiger partial charge in [-0.05, 0) is 51.1 Å². The summed E-state index contributed by atoms with van der Waals surface area (Å²) >= 11 is 0. The Bertz CT molecular complexity index is 239. The molecule has 1 heterocycles. The van der Waals surface area contributed by atoms with Crippen LogP contribution < -0.4 is 5.32 Å². The molecule has 0 amide bonds. The highest BCUT2D eigenvalue weighted by molar-refractivity contribution is 4.88.